The minimum Gasteiger partial charge on any atom is -0.461 e. The van der Waals surface area contributed by atoms with Crippen molar-refractivity contribution in [3.8, 4) is 0 Å². The summed E-state index contributed by atoms with van der Waals surface area (Å²) in [5, 5.41) is 1.59. The number of carbonyl (C=O) groups excluding carboxylic acids is 1. The molecule has 2 aromatic heterocycles. The number of halogens is 1. The average molecular weight is 356 g/mol. The molecule has 1 aromatic carbocycles. The molecular formula is C19H18ClN3O2. The summed E-state index contributed by atoms with van der Waals surface area (Å²) in [6.07, 6.45) is 1.65. The molecule has 6 heteroatoms. The molecule has 4 rings (SSSR count). The fourth-order valence-corrected chi connectivity index (χ4v) is 3.34. The number of para-hydroxylation sites is 1. The summed E-state index contributed by atoms with van der Waals surface area (Å²) in [5.74, 6) is 1.72. The van der Waals surface area contributed by atoms with Crippen LogP contribution in [0.15, 0.2) is 47.0 Å². The lowest BCUT2D eigenvalue weighted by molar-refractivity contribution is 0.0747. The Hall–Kier alpha value is -2.53. The normalized spacial score (nSPS) is 15.0. The third kappa shape index (κ3) is 3.07. The Balaban J connectivity index is 1.50. The fourth-order valence-electron chi connectivity index (χ4n) is 3.22. The number of nitrogens with zero attached hydrogens (tertiary/aromatic N) is 3. The van der Waals surface area contributed by atoms with Gasteiger partial charge in [0.1, 0.15) is 17.2 Å². The molecule has 0 atom stereocenters. The van der Waals surface area contributed by atoms with Crippen LogP contribution < -0.4 is 4.90 Å². The molecular weight excluding hydrogens is 338 g/mol. The Morgan fingerprint density at radius 3 is 2.68 bits per heavy atom. The predicted molar refractivity (Wildman–Crippen MR) is 98.3 cm³/mol. The van der Waals surface area contributed by atoms with Gasteiger partial charge in [-0.1, -0.05) is 23.7 Å². The van der Waals surface area contributed by atoms with Crippen molar-refractivity contribution in [2.24, 2.45) is 0 Å². The lowest BCUT2D eigenvalue weighted by Crippen LogP contribution is -2.49. The van der Waals surface area contributed by atoms with E-state index in [-0.39, 0.29) is 5.91 Å². The average Bonchev–Trinajstić information content (AvgIpc) is 3.02. The number of hydrogen-bond donors (Lipinski definition) is 0. The van der Waals surface area contributed by atoms with Crippen LogP contribution in [-0.2, 0) is 0 Å². The van der Waals surface area contributed by atoms with Gasteiger partial charge in [0.25, 0.3) is 5.91 Å². The predicted octanol–water partition coefficient (Wildman–Crippen LogP) is 3.75. The van der Waals surface area contributed by atoms with E-state index in [0.717, 1.165) is 30.1 Å². The summed E-state index contributed by atoms with van der Waals surface area (Å²) >= 11 is 5.89. The molecule has 1 saturated heterocycles. The van der Waals surface area contributed by atoms with Crippen LogP contribution in [0.1, 0.15) is 16.1 Å². The molecule has 25 heavy (non-hydrogen) atoms. The lowest BCUT2D eigenvalue weighted by atomic mass is 10.1. The van der Waals surface area contributed by atoms with Crippen LogP contribution in [-0.4, -0.2) is 42.0 Å². The fraction of sp³-hybridized carbons (Fsp3) is 0.263. The van der Waals surface area contributed by atoms with Gasteiger partial charge in [0.15, 0.2) is 0 Å². The number of furan rings is 1. The number of amides is 1. The van der Waals surface area contributed by atoms with Crippen LogP contribution in [0.2, 0.25) is 5.02 Å². The largest absolute Gasteiger partial charge is 0.461 e. The standard InChI is InChI=1S/C19H18ClN3O2/c1-13-11-14-3-2-4-16(18(14)25-13)19(24)23-9-7-22(8-10-23)17-6-5-15(20)12-21-17/h2-6,11-12H,7-10H2,1H3. The maximum atomic E-state index is 12.9. The molecule has 128 valence electrons. The van der Waals surface area contributed by atoms with Gasteiger partial charge >= 0.3 is 0 Å². The molecule has 0 spiro atoms. The topological polar surface area (TPSA) is 49.6 Å². The highest BCUT2D eigenvalue weighted by atomic mass is 35.5. The summed E-state index contributed by atoms with van der Waals surface area (Å²) in [4.78, 5) is 21.3. The number of carbonyl (C=O) groups is 1. The van der Waals surface area contributed by atoms with Gasteiger partial charge in [0.05, 0.1) is 10.6 Å². The van der Waals surface area contributed by atoms with Crippen LogP contribution in [0.5, 0.6) is 0 Å². The number of pyridine rings is 1. The maximum absolute atomic E-state index is 12.9. The summed E-state index contributed by atoms with van der Waals surface area (Å²) in [7, 11) is 0. The minimum absolute atomic E-state index is 0.0173. The zero-order valence-electron chi connectivity index (χ0n) is 13.9. The SMILES string of the molecule is Cc1cc2cccc(C(=O)N3CCN(c4ccc(Cl)cn4)CC3)c2o1. The first kappa shape index (κ1) is 16.0. The van der Waals surface area contributed by atoms with Crippen molar-refractivity contribution < 1.29 is 9.21 Å². The van der Waals surface area contributed by atoms with Crippen molar-refractivity contribution in [3.63, 3.8) is 0 Å². The number of piperazine rings is 1. The van der Waals surface area contributed by atoms with Crippen LogP contribution in [0.25, 0.3) is 11.0 Å². The molecule has 1 aliphatic rings. The first-order valence-electron chi connectivity index (χ1n) is 8.27. The van der Waals surface area contributed by atoms with Crippen LogP contribution >= 0.6 is 11.6 Å². The third-order valence-corrected chi connectivity index (χ3v) is 4.72. The highest BCUT2D eigenvalue weighted by Gasteiger charge is 2.25. The second-order valence-electron chi connectivity index (χ2n) is 6.19. The summed E-state index contributed by atoms with van der Waals surface area (Å²) < 4.78 is 5.73. The minimum atomic E-state index is 0.0173. The van der Waals surface area contributed by atoms with E-state index in [4.69, 9.17) is 16.0 Å². The zero-order chi connectivity index (χ0) is 17.4. The van der Waals surface area contributed by atoms with Crippen molar-refractivity contribution in [1.29, 1.82) is 0 Å². The first-order chi connectivity index (χ1) is 12.1. The second-order valence-corrected chi connectivity index (χ2v) is 6.63. The second kappa shape index (κ2) is 6.41. The number of aromatic nitrogens is 1. The molecule has 3 aromatic rings. The molecule has 0 radical (unpaired) electrons. The lowest BCUT2D eigenvalue weighted by Gasteiger charge is -2.35. The van der Waals surface area contributed by atoms with E-state index in [2.05, 4.69) is 9.88 Å². The molecule has 0 saturated carbocycles. The van der Waals surface area contributed by atoms with Crippen molar-refractivity contribution in [2.75, 3.05) is 31.1 Å². The first-order valence-corrected chi connectivity index (χ1v) is 8.64. The van der Waals surface area contributed by atoms with Gasteiger partial charge in [-0.25, -0.2) is 4.98 Å². The Kier molecular flexibility index (Phi) is 4.09. The molecule has 0 N–H and O–H groups in total. The Labute approximate surface area is 150 Å². The maximum Gasteiger partial charge on any atom is 0.257 e. The molecule has 1 fully saturated rings. The third-order valence-electron chi connectivity index (χ3n) is 4.50. The molecule has 0 bridgehead atoms. The molecule has 0 unspecified atom stereocenters. The van der Waals surface area contributed by atoms with E-state index in [9.17, 15) is 4.79 Å². The molecule has 0 aliphatic carbocycles. The van der Waals surface area contributed by atoms with E-state index in [1.165, 1.54) is 0 Å². The summed E-state index contributed by atoms with van der Waals surface area (Å²) in [5.41, 5.74) is 1.30. The van der Waals surface area contributed by atoms with E-state index in [1.807, 2.05) is 48.2 Å². The number of fused-ring (bicyclic) bond motifs is 1. The molecule has 1 amide bonds. The molecule has 3 heterocycles. The van der Waals surface area contributed by atoms with Gasteiger partial charge in [-0.05, 0) is 31.2 Å². The van der Waals surface area contributed by atoms with Gasteiger partial charge in [-0.15, -0.1) is 0 Å². The van der Waals surface area contributed by atoms with Crippen molar-refractivity contribution in [3.05, 3.63) is 58.9 Å². The van der Waals surface area contributed by atoms with Crippen LogP contribution in [0.4, 0.5) is 5.82 Å². The van der Waals surface area contributed by atoms with Gasteiger partial charge in [0, 0.05) is 37.8 Å². The Morgan fingerprint density at radius 1 is 1.16 bits per heavy atom. The van der Waals surface area contributed by atoms with E-state index >= 15 is 0 Å². The Morgan fingerprint density at radius 2 is 1.96 bits per heavy atom. The van der Waals surface area contributed by atoms with Crippen molar-refractivity contribution in [1.82, 2.24) is 9.88 Å². The highest BCUT2D eigenvalue weighted by Crippen LogP contribution is 2.24. The van der Waals surface area contributed by atoms with E-state index in [1.54, 1.807) is 6.20 Å². The number of hydrogen-bond acceptors (Lipinski definition) is 4. The van der Waals surface area contributed by atoms with Gasteiger partial charge < -0.3 is 14.2 Å². The number of benzene rings is 1. The van der Waals surface area contributed by atoms with Gasteiger partial charge in [-0.3, -0.25) is 4.79 Å². The van der Waals surface area contributed by atoms with Gasteiger partial charge in [0.2, 0.25) is 0 Å². The number of aryl methyl sites for hydroxylation is 1. The van der Waals surface area contributed by atoms with Crippen LogP contribution in [0.3, 0.4) is 0 Å². The monoisotopic (exact) mass is 355 g/mol. The molecule has 1 aliphatic heterocycles. The highest BCUT2D eigenvalue weighted by molar-refractivity contribution is 6.30. The summed E-state index contributed by atoms with van der Waals surface area (Å²) in [6, 6.07) is 11.4. The zero-order valence-corrected chi connectivity index (χ0v) is 14.7. The number of rotatable bonds is 2. The van der Waals surface area contributed by atoms with E-state index < -0.39 is 0 Å². The Bertz CT molecular complexity index is 912. The molecule has 5 nitrogen and oxygen atoms in total. The van der Waals surface area contributed by atoms with Crippen molar-refractivity contribution in [2.45, 2.75) is 6.92 Å². The van der Waals surface area contributed by atoms with Crippen molar-refractivity contribution >= 4 is 34.3 Å². The smallest absolute Gasteiger partial charge is 0.257 e. The summed E-state index contributed by atoms with van der Waals surface area (Å²) in [6.45, 7) is 4.69. The quantitative estimate of drug-likeness (QED) is 0.702. The van der Waals surface area contributed by atoms with Crippen LogP contribution in [0, 0.1) is 6.92 Å². The number of anilines is 1. The van der Waals surface area contributed by atoms with Gasteiger partial charge in [-0.2, -0.15) is 0 Å². The van der Waals surface area contributed by atoms with E-state index in [0.29, 0.717) is 29.3 Å².